The third-order valence-corrected chi connectivity index (χ3v) is 11.3. The molecule has 2 atom stereocenters. The van der Waals surface area contributed by atoms with Crippen LogP contribution < -0.4 is 19.6 Å². The number of hydrogen-bond donors (Lipinski definition) is 0. The van der Waals surface area contributed by atoms with Crippen molar-refractivity contribution in [3.05, 3.63) is 242 Å². The summed E-state index contributed by atoms with van der Waals surface area (Å²) in [6.07, 6.45) is 23.3. The van der Waals surface area contributed by atoms with E-state index < -0.39 is 0 Å². The lowest BCUT2D eigenvalue weighted by molar-refractivity contribution is 0.567. The molecule has 2 aliphatic rings. The molecule has 0 spiro atoms. The van der Waals surface area contributed by atoms with Crippen molar-refractivity contribution in [2.24, 2.45) is 5.92 Å². The first-order chi connectivity index (χ1) is 29.6. The fourth-order valence-corrected chi connectivity index (χ4v) is 8.21. The highest BCUT2D eigenvalue weighted by Crippen LogP contribution is 2.40. The van der Waals surface area contributed by atoms with Gasteiger partial charge in [0.1, 0.15) is 0 Å². The molecule has 0 radical (unpaired) electrons. The lowest BCUT2D eigenvalue weighted by Gasteiger charge is -2.35. The largest absolute Gasteiger partial charge is 0.338 e. The van der Waals surface area contributed by atoms with E-state index in [4.69, 9.17) is 0 Å². The standard InChI is InChI=1S/C56H54N4/c1-4-21-44(2)45(3)57(46-22-10-5-11-23-46)53-36-38-55(39-37-53)60(56-42-40-54(41-43-56)59(49-28-16-8-17-29-49)50-30-18-9-19-31-50)52-33-20-32-51(34-35-52)58(47-24-12-6-13-25-47)48-26-14-7-15-27-48/h4-8,10-18,20-31,33-45H,9,19,32H2,1-3H3/b21-4-. The van der Waals surface area contributed by atoms with E-state index in [1.54, 1.807) is 0 Å². The van der Waals surface area contributed by atoms with Crippen molar-refractivity contribution in [2.45, 2.75) is 46.1 Å². The van der Waals surface area contributed by atoms with Gasteiger partial charge in [-0.2, -0.15) is 0 Å². The number of rotatable bonds is 14. The molecule has 0 saturated carbocycles. The summed E-state index contributed by atoms with van der Waals surface area (Å²) in [5.74, 6) is 0.355. The van der Waals surface area contributed by atoms with Crippen LogP contribution in [0.25, 0.3) is 0 Å². The topological polar surface area (TPSA) is 13.0 Å². The molecule has 60 heavy (non-hydrogen) atoms. The Labute approximate surface area is 357 Å². The van der Waals surface area contributed by atoms with E-state index in [0.29, 0.717) is 5.92 Å². The summed E-state index contributed by atoms with van der Waals surface area (Å²) >= 11 is 0. The van der Waals surface area contributed by atoms with Crippen LogP contribution in [0.5, 0.6) is 0 Å². The maximum atomic E-state index is 2.46. The van der Waals surface area contributed by atoms with Gasteiger partial charge in [-0.3, -0.25) is 0 Å². The molecular weight excluding hydrogens is 729 g/mol. The van der Waals surface area contributed by atoms with Gasteiger partial charge in [0.15, 0.2) is 0 Å². The third-order valence-electron chi connectivity index (χ3n) is 11.3. The van der Waals surface area contributed by atoms with Crippen molar-refractivity contribution in [3.63, 3.8) is 0 Å². The molecular formula is C56H54N4. The smallest absolute Gasteiger partial charge is 0.0463 e. The van der Waals surface area contributed by atoms with Crippen LogP contribution in [-0.2, 0) is 0 Å². The highest BCUT2D eigenvalue weighted by Gasteiger charge is 2.23. The summed E-state index contributed by atoms with van der Waals surface area (Å²) in [6, 6.07) is 61.1. The summed E-state index contributed by atoms with van der Waals surface area (Å²) in [7, 11) is 0. The first-order valence-electron chi connectivity index (χ1n) is 21.3. The molecule has 0 aliphatic heterocycles. The van der Waals surface area contributed by atoms with Crippen molar-refractivity contribution in [1.29, 1.82) is 0 Å². The minimum absolute atomic E-state index is 0.244. The molecule has 6 aromatic carbocycles. The molecule has 0 bridgehead atoms. The predicted molar refractivity (Wildman–Crippen MR) is 257 cm³/mol. The zero-order valence-corrected chi connectivity index (χ0v) is 34.9. The van der Waals surface area contributed by atoms with Crippen molar-refractivity contribution >= 4 is 45.5 Å². The molecule has 6 aromatic rings. The quantitative estimate of drug-likeness (QED) is 0.102. The van der Waals surface area contributed by atoms with Gasteiger partial charge < -0.3 is 19.6 Å². The fraction of sp³-hybridized carbons (Fsp3) is 0.143. The first-order valence-corrected chi connectivity index (χ1v) is 21.3. The van der Waals surface area contributed by atoms with Gasteiger partial charge in [0, 0.05) is 75.1 Å². The Morgan fingerprint density at radius 1 is 0.433 bits per heavy atom. The van der Waals surface area contributed by atoms with E-state index in [0.717, 1.165) is 64.8 Å². The van der Waals surface area contributed by atoms with Crippen molar-refractivity contribution in [3.8, 4) is 0 Å². The molecule has 0 aromatic heterocycles. The second kappa shape index (κ2) is 19.1. The van der Waals surface area contributed by atoms with Crippen LogP contribution in [0.1, 0.15) is 40.0 Å². The average Bonchev–Trinajstić information content (AvgIpc) is 3.55. The molecule has 8 rings (SSSR count). The SMILES string of the molecule is C/C=C\C(C)C(C)N(c1ccccc1)c1ccc(N(C2=CC=C(N(c3ccccc3)c3ccccc3)CC=C2)c2ccc(N(C3=CCCC=C3)c3ccccc3)cc2)cc1. The van der Waals surface area contributed by atoms with Crippen molar-refractivity contribution in [2.75, 3.05) is 19.6 Å². The maximum Gasteiger partial charge on any atom is 0.0463 e. The number of benzene rings is 6. The minimum atomic E-state index is 0.244. The van der Waals surface area contributed by atoms with Crippen LogP contribution >= 0.6 is 0 Å². The maximum absolute atomic E-state index is 2.46. The number of hydrogen-bond acceptors (Lipinski definition) is 4. The monoisotopic (exact) mass is 782 g/mol. The average molecular weight is 783 g/mol. The van der Waals surface area contributed by atoms with E-state index in [-0.39, 0.29) is 6.04 Å². The molecule has 2 unspecified atom stereocenters. The van der Waals surface area contributed by atoms with E-state index in [2.05, 4.69) is 265 Å². The summed E-state index contributed by atoms with van der Waals surface area (Å²) in [4.78, 5) is 9.55. The van der Waals surface area contributed by atoms with Gasteiger partial charge in [-0.1, -0.05) is 110 Å². The minimum Gasteiger partial charge on any atom is -0.338 e. The van der Waals surface area contributed by atoms with Gasteiger partial charge >= 0.3 is 0 Å². The zero-order valence-electron chi connectivity index (χ0n) is 34.9. The van der Waals surface area contributed by atoms with E-state index in [1.165, 1.54) is 17.1 Å². The van der Waals surface area contributed by atoms with Crippen LogP contribution in [0.3, 0.4) is 0 Å². The van der Waals surface area contributed by atoms with Crippen LogP contribution in [0.4, 0.5) is 45.5 Å². The molecule has 0 heterocycles. The van der Waals surface area contributed by atoms with Crippen molar-refractivity contribution < 1.29 is 0 Å². The Hall–Kier alpha value is -7.04. The number of para-hydroxylation sites is 4. The molecule has 4 heteroatoms. The molecule has 4 nitrogen and oxygen atoms in total. The van der Waals surface area contributed by atoms with Gasteiger partial charge in [-0.25, -0.2) is 0 Å². The van der Waals surface area contributed by atoms with Crippen LogP contribution in [0.15, 0.2) is 242 Å². The molecule has 0 fully saturated rings. The predicted octanol–water partition coefficient (Wildman–Crippen LogP) is 15.5. The van der Waals surface area contributed by atoms with E-state index in [1.807, 2.05) is 0 Å². The molecule has 0 N–H and O–H groups in total. The van der Waals surface area contributed by atoms with Gasteiger partial charge in [-0.05, 0) is 154 Å². The first kappa shape index (κ1) is 39.8. The van der Waals surface area contributed by atoms with Gasteiger partial charge in [0.25, 0.3) is 0 Å². The van der Waals surface area contributed by atoms with E-state index in [9.17, 15) is 0 Å². The van der Waals surface area contributed by atoms with Crippen LogP contribution in [-0.4, -0.2) is 6.04 Å². The Morgan fingerprint density at radius 2 is 0.850 bits per heavy atom. The highest BCUT2D eigenvalue weighted by atomic mass is 15.2. The molecule has 0 saturated heterocycles. The second-order valence-corrected chi connectivity index (χ2v) is 15.3. The van der Waals surface area contributed by atoms with E-state index >= 15 is 0 Å². The third kappa shape index (κ3) is 8.99. The zero-order chi connectivity index (χ0) is 41.1. The Bertz CT molecular complexity index is 2440. The summed E-state index contributed by atoms with van der Waals surface area (Å²) in [6.45, 7) is 6.71. The van der Waals surface area contributed by atoms with Crippen LogP contribution in [0.2, 0.25) is 0 Å². The van der Waals surface area contributed by atoms with Gasteiger partial charge in [-0.15, -0.1) is 0 Å². The number of allylic oxidation sites excluding steroid dienone is 8. The molecule has 2 aliphatic carbocycles. The van der Waals surface area contributed by atoms with Crippen LogP contribution in [0, 0.1) is 5.92 Å². The summed E-state index contributed by atoms with van der Waals surface area (Å²) < 4.78 is 0. The number of anilines is 8. The number of nitrogens with zero attached hydrogens (tertiary/aromatic N) is 4. The molecule has 298 valence electrons. The summed E-state index contributed by atoms with van der Waals surface area (Å²) in [5.41, 5.74) is 12.5. The second-order valence-electron chi connectivity index (χ2n) is 15.3. The van der Waals surface area contributed by atoms with Gasteiger partial charge in [0.05, 0.1) is 0 Å². The Kier molecular flexibility index (Phi) is 12.7. The molecule has 0 amide bonds. The van der Waals surface area contributed by atoms with Crippen molar-refractivity contribution in [1.82, 2.24) is 0 Å². The Balaban J connectivity index is 1.21. The highest BCUT2D eigenvalue weighted by molar-refractivity contribution is 5.78. The lowest BCUT2D eigenvalue weighted by atomic mass is 9.99. The fourth-order valence-electron chi connectivity index (χ4n) is 8.21. The normalized spacial score (nSPS) is 14.7. The van der Waals surface area contributed by atoms with Gasteiger partial charge in [0.2, 0.25) is 0 Å². The Morgan fingerprint density at radius 3 is 1.33 bits per heavy atom. The summed E-state index contributed by atoms with van der Waals surface area (Å²) in [5, 5.41) is 0. The lowest BCUT2D eigenvalue weighted by Crippen LogP contribution is -2.33.